The van der Waals surface area contributed by atoms with Gasteiger partial charge < -0.3 is 29.4 Å². The molecule has 0 aromatic carbocycles. The van der Waals surface area contributed by atoms with Gasteiger partial charge in [-0.25, -0.2) is 9.97 Å². The first-order chi connectivity index (χ1) is 18.6. The number of aryl methyl sites for hydroxylation is 2. The summed E-state index contributed by atoms with van der Waals surface area (Å²) in [5.41, 5.74) is 2.23. The highest BCUT2D eigenvalue weighted by atomic mass is 19.4. The number of fused-ring (bicyclic) bond motifs is 1. The number of amides is 2. The molecule has 0 spiro atoms. The molecule has 2 amide bonds. The zero-order chi connectivity index (χ0) is 28.3. The molecule has 4 rings (SSSR count). The molecule has 1 aliphatic heterocycles. The minimum atomic E-state index is -4.62. The number of hydrogen-bond acceptors (Lipinski definition) is 7. The van der Waals surface area contributed by atoms with Crippen LogP contribution in [0.3, 0.4) is 0 Å². The monoisotopic (exact) mass is 549 g/mol. The molecule has 2 N–H and O–H groups in total. The van der Waals surface area contributed by atoms with Gasteiger partial charge in [0.2, 0.25) is 11.8 Å². The molecule has 10 nitrogen and oxygen atoms in total. The number of ether oxygens (including phenoxy) is 2. The van der Waals surface area contributed by atoms with Gasteiger partial charge in [0.05, 0.1) is 18.2 Å². The number of piperidine rings is 1. The van der Waals surface area contributed by atoms with Crippen molar-refractivity contribution in [2.75, 3.05) is 33.4 Å². The number of pyridine rings is 2. The summed E-state index contributed by atoms with van der Waals surface area (Å²) >= 11 is 0. The molecule has 1 aliphatic rings. The Kier molecular flexibility index (Phi) is 8.28. The van der Waals surface area contributed by atoms with Crippen molar-refractivity contribution < 1.29 is 37.3 Å². The number of carbonyl (C=O) groups is 2. The predicted octanol–water partition coefficient (Wildman–Crippen LogP) is 2.86. The van der Waals surface area contributed by atoms with Crippen LogP contribution in [0, 0.1) is 0 Å². The molecule has 3 aromatic heterocycles. The lowest BCUT2D eigenvalue weighted by Gasteiger charge is -2.32. The van der Waals surface area contributed by atoms with E-state index >= 15 is 0 Å². The van der Waals surface area contributed by atoms with Crippen LogP contribution in [-0.4, -0.2) is 82.0 Å². The van der Waals surface area contributed by atoms with Crippen molar-refractivity contribution in [2.45, 2.75) is 38.4 Å². The van der Waals surface area contributed by atoms with Gasteiger partial charge in [-0.1, -0.05) is 6.92 Å². The van der Waals surface area contributed by atoms with E-state index in [1.807, 2.05) is 6.92 Å². The summed E-state index contributed by atoms with van der Waals surface area (Å²) in [5.74, 6) is -0.805. The van der Waals surface area contributed by atoms with Crippen molar-refractivity contribution in [3.8, 4) is 22.8 Å². The Balaban J connectivity index is 1.73. The third kappa shape index (κ3) is 6.08. The van der Waals surface area contributed by atoms with Crippen LogP contribution in [0.2, 0.25) is 0 Å². The second-order valence-corrected chi connectivity index (χ2v) is 9.22. The Morgan fingerprint density at radius 3 is 2.51 bits per heavy atom. The second kappa shape index (κ2) is 11.5. The second-order valence-electron chi connectivity index (χ2n) is 9.22. The molecule has 39 heavy (non-hydrogen) atoms. The van der Waals surface area contributed by atoms with Gasteiger partial charge in [-0.05, 0) is 31.4 Å². The molecule has 4 heterocycles. The van der Waals surface area contributed by atoms with Crippen LogP contribution in [0.4, 0.5) is 13.2 Å². The number of aliphatic hydroxyl groups is 1. The third-order valence-electron chi connectivity index (χ3n) is 6.70. The van der Waals surface area contributed by atoms with E-state index < -0.39 is 31.2 Å². The summed E-state index contributed by atoms with van der Waals surface area (Å²) < 4.78 is 51.4. The van der Waals surface area contributed by atoms with Crippen molar-refractivity contribution in [3.05, 3.63) is 35.8 Å². The Labute approximate surface area is 222 Å². The number of methoxy groups -OCH3 is 1. The van der Waals surface area contributed by atoms with Gasteiger partial charge in [-0.3, -0.25) is 9.59 Å². The van der Waals surface area contributed by atoms with Gasteiger partial charge in [-0.2, -0.15) is 13.2 Å². The Morgan fingerprint density at radius 2 is 1.95 bits per heavy atom. The smallest absolute Gasteiger partial charge is 0.422 e. The number of aromatic nitrogens is 3. The van der Waals surface area contributed by atoms with Gasteiger partial charge >= 0.3 is 6.18 Å². The predicted molar refractivity (Wildman–Crippen MR) is 136 cm³/mol. The van der Waals surface area contributed by atoms with E-state index in [1.165, 1.54) is 16.6 Å². The lowest BCUT2D eigenvalue weighted by molar-refractivity contribution is -0.153. The molecule has 0 bridgehead atoms. The number of aliphatic hydroxyl groups excluding tert-OH is 1. The SMILES string of the molecule is CCc1nc2c(cc1-c1ccc(OC)nc1)c(OCC(F)(F)F)c(C(=O)NC1CCN(C(=O)CO)CC1)n2C. The number of halogens is 3. The highest BCUT2D eigenvalue weighted by Gasteiger charge is 2.33. The Hall–Kier alpha value is -3.87. The summed E-state index contributed by atoms with van der Waals surface area (Å²) in [4.78, 5) is 35.6. The summed E-state index contributed by atoms with van der Waals surface area (Å²) in [6, 6.07) is 4.80. The van der Waals surface area contributed by atoms with E-state index in [0.29, 0.717) is 60.7 Å². The van der Waals surface area contributed by atoms with Crippen molar-refractivity contribution in [1.29, 1.82) is 0 Å². The molecule has 0 radical (unpaired) electrons. The largest absolute Gasteiger partial charge is 0.481 e. The maximum absolute atomic E-state index is 13.4. The molecular weight excluding hydrogens is 519 g/mol. The average Bonchev–Trinajstić information content (AvgIpc) is 3.21. The minimum Gasteiger partial charge on any atom is -0.481 e. The minimum absolute atomic E-state index is 0.0809. The maximum Gasteiger partial charge on any atom is 0.422 e. The summed E-state index contributed by atoms with van der Waals surface area (Å²) in [6.07, 6.45) is -1.64. The fourth-order valence-corrected chi connectivity index (χ4v) is 4.71. The van der Waals surface area contributed by atoms with Gasteiger partial charge in [-0.15, -0.1) is 0 Å². The number of rotatable bonds is 8. The van der Waals surface area contributed by atoms with Gasteiger partial charge in [0.1, 0.15) is 12.3 Å². The number of nitrogens with zero attached hydrogens (tertiary/aromatic N) is 4. The van der Waals surface area contributed by atoms with Crippen LogP contribution in [-0.2, 0) is 18.3 Å². The topological polar surface area (TPSA) is 119 Å². The zero-order valence-electron chi connectivity index (χ0n) is 21.8. The molecule has 13 heteroatoms. The summed E-state index contributed by atoms with van der Waals surface area (Å²) in [5, 5.41) is 12.2. The van der Waals surface area contributed by atoms with Crippen LogP contribution in [0.1, 0.15) is 35.9 Å². The first-order valence-electron chi connectivity index (χ1n) is 12.5. The molecule has 0 saturated carbocycles. The number of carbonyl (C=O) groups excluding carboxylic acids is 2. The van der Waals surface area contributed by atoms with Crippen LogP contribution in [0.5, 0.6) is 11.6 Å². The molecule has 0 aliphatic carbocycles. The van der Waals surface area contributed by atoms with Crippen molar-refractivity contribution in [1.82, 2.24) is 24.8 Å². The van der Waals surface area contributed by atoms with Crippen LogP contribution < -0.4 is 14.8 Å². The first-order valence-corrected chi connectivity index (χ1v) is 12.5. The first kappa shape index (κ1) is 28.1. The fourth-order valence-electron chi connectivity index (χ4n) is 4.71. The van der Waals surface area contributed by atoms with E-state index in [4.69, 9.17) is 19.6 Å². The van der Waals surface area contributed by atoms with E-state index in [-0.39, 0.29) is 22.9 Å². The molecule has 0 atom stereocenters. The summed E-state index contributed by atoms with van der Waals surface area (Å²) in [6.45, 7) is 0.423. The third-order valence-corrected chi connectivity index (χ3v) is 6.70. The molecule has 1 saturated heterocycles. The molecular formula is C26H30F3N5O5. The van der Waals surface area contributed by atoms with E-state index in [9.17, 15) is 22.8 Å². The van der Waals surface area contributed by atoms with E-state index in [0.717, 1.165) is 0 Å². The van der Waals surface area contributed by atoms with Crippen molar-refractivity contribution in [2.24, 2.45) is 7.05 Å². The quantitative estimate of drug-likeness (QED) is 0.444. The van der Waals surface area contributed by atoms with Crippen molar-refractivity contribution >= 4 is 22.8 Å². The Bertz CT molecular complexity index is 1350. The normalized spacial score (nSPS) is 14.5. The fraction of sp³-hybridized carbons (Fsp3) is 0.462. The number of nitrogens with one attached hydrogen (secondary N) is 1. The lowest BCUT2D eigenvalue weighted by Crippen LogP contribution is -2.47. The molecule has 0 unspecified atom stereocenters. The van der Waals surface area contributed by atoms with Gasteiger partial charge in [0.25, 0.3) is 5.91 Å². The average molecular weight is 550 g/mol. The van der Waals surface area contributed by atoms with E-state index in [2.05, 4.69) is 10.3 Å². The van der Waals surface area contributed by atoms with Gasteiger partial charge in [0, 0.05) is 49.6 Å². The molecule has 210 valence electrons. The standard InChI is InChI=1S/C26H30F3N5O5/c1-4-19-17(15-5-6-20(38-3)30-12-15)11-18-23(39-14-26(27,28)29)22(33(2)24(18)32-19)25(37)31-16-7-9-34(10-8-16)21(36)13-35/h5-6,11-12,16,35H,4,7-10,13-14H2,1-3H3,(H,31,37). The van der Waals surface area contributed by atoms with Crippen LogP contribution in [0.15, 0.2) is 24.4 Å². The zero-order valence-corrected chi connectivity index (χ0v) is 21.8. The Morgan fingerprint density at radius 1 is 1.23 bits per heavy atom. The van der Waals surface area contributed by atoms with Crippen molar-refractivity contribution in [3.63, 3.8) is 0 Å². The van der Waals surface area contributed by atoms with Gasteiger partial charge in [0.15, 0.2) is 18.1 Å². The molecule has 3 aromatic rings. The van der Waals surface area contributed by atoms with E-state index in [1.54, 1.807) is 31.4 Å². The number of hydrogen-bond donors (Lipinski definition) is 2. The highest BCUT2D eigenvalue weighted by Crippen LogP contribution is 2.37. The number of likely N-dealkylation sites (tertiary alicyclic amines) is 1. The highest BCUT2D eigenvalue weighted by molar-refractivity contribution is 6.04. The number of alkyl halides is 3. The van der Waals surface area contributed by atoms with Crippen LogP contribution >= 0.6 is 0 Å². The maximum atomic E-state index is 13.4. The summed E-state index contributed by atoms with van der Waals surface area (Å²) in [7, 11) is 3.05. The molecule has 1 fully saturated rings. The lowest BCUT2D eigenvalue weighted by atomic mass is 10.0. The van der Waals surface area contributed by atoms with Crippen LogP contribution in [0.25, 0.3) is 22.2 Å².